The summed E-state index contributed by atoms with van der Waals surface area (Å²) in [5.74, 6) is 0.138. The molecule has 1 aromatic heterocycles. The van der Waals surface area contributed by atoms with Crippen molar-refractivity contribution in [2.45, 2.75) is 56.8 Å². The molecule has 3 rings (SSSR count). The molecule has 1 atom stereocenters. The third kappa shape index (κ3) is 5.24. The van der Waals surface area contributed by atoms with Crippen LogP contribution in [-0.2, 0) is 14.8 Å². The van der Waals surface area contributed by atoms with Crippen LogP contribution in [-0.4, -0.2) is 36.7 Å². The quantitative estimate of drug-likeness (QED) is 0.630. The number of hydrogen-bond acceptors (Lipinski definition) is 5. The number of benzene rings is 1. The minimum absolute atomic E-state index is 0.0776. The molecular formula is C21H29N3O3S2. The molecule has 1 heterocycles. The van der Waals surface area contributed by atoms with Crippen LogP contribution in [0.3, 0.4) is 0 Å². The Morgan fingerprint density at radius 3 is 2.41 bits per heavy atom. The van der Waals surface area contributed by atoms with Crippen LogP contribution in [0.15, 0.2) is 40.7 Å². The Morgan fingerprint density at radius 2 is 1.86 bits per heavy atom. The maximum atomic E-state index is 13.0. The Kier molecular flexibility index (Phi) is 7.43. The molecule has 1 aromatic carbocycles. The number of thiazole rings is 1. The lowest BCUT2D eigenvalue weighted by Crippen LogP contribution is -2.30. The number of aromatic nitrogens is 1. The first-order chi connectivity index (χ1) is 14.0. The lowest BCUT2D eigenvalue weighted by Gasteiger charge is -2.21. The largest absolute Gasteiger partial charge is 0.301 e. The van der Waals surface area contributed by atoms with Crippen molar-refractivity contribution >= 4 is 32.4 Å². The second kappa shape index (κ2) is 9.82. The van der Waals surface area contributed by atoms with E-state index in [2.05, 4.69) is 10.3 Å². The number of anilines is 1. The van der Waals surface area contributed by atoms with Crippen molar-refractivity contribution in [2.24, 2.45) is 5.92 Å². The normalized spacial score (nSPS) is 16.2. The molecular weight excluding hydrogens is 406 g/mol. The van der Waals surface area contributed by atoms with Gasteiger partial charge in [-0.05, 0) is 30.0 Å². The molecule has 8 heteroatoms. The molecule has 0 unspecified atom stereocenters. The summed E-state index contributed by atoms with van der Waals surface area (Å²) in [5.41, 5.74) is 0.851. The molecule has 0 bridgehead atoms. The van der Waals surface area contributed by atoms with Gasteiger partial charge in [0.1, 0.15) is 0 Å². The fourth-order valence-electron chi connectivity index (χ4n) is 4.04. The number of nitrogens with zero attached hydrogens (tertiary/aromatic N) is 2. The van der Waals surface area contributed by atoms with Crippen LogP contribution in [0.1, 0.15) is 57.4 Å². The molecule has 2 aromatic rings. The first-order valence-corrected chi connectivity index (χ1v) is 12.6. The van der Waals surface area contributed by atoms with Gasteiger partial charge in [-0.1, -0.05) is 51.7 Å². The molecule has 1 fully saturated rings. The first kappa shape index (κ1) is 21.9. The minimum atomic E-state index is -3.50. The van der Waals surface area contributed by atoms with E-state index in [0.29, 0.717) is 24.1 Å². The molecule has 0 radical (unpaired) electrons. The van der Waals surface area contributed by atoms with Gasteiger partial charge in [-0.15, -0.1) is 11.3 Å². The van der Waals surface area contributed by atoms with Gasteiger partial charge in [-0.2, -0.15) is 4.31 Å². The van der Waals surface area contributed by atoms with E-state index in [-0.39, 0.29) is 16.7 Å². The monoisotopic (exact) mass is 435 g/mol. The third-order valence-corrected chi connectivity index (χ3v) is 8.40. The number of rotatable bonds is 9. The molecule has 1 aliphatic rings. The highest BCUT2D eigenvalue weighted by Crippen LogP contribution is 2.35. The van der Waals surface area contributed by atoms with Crippen molar-refractivity contribution in [3.63, 3.8) is 0 Å². The summed E-state index contributed by atoms with van der Waals surface area (Å²) in [7, 11) is -3.50. The average molecular weight is 436 g/mol. The zero-order chi connectivity index (χ0) is 20.9. The zero-order valence-electron chi connectivity index (χ0n) is 17.0. The van der Waals surface area contributed by atoms with Gasteiger partial charge in [-0.3, -0.25) is 4.79 Å². The Balaban J connectivity index is 1.83. The molecule has 158 valence electrons. The van der Waals surface area contributed by atoms with E-state index < -0.39 is 10.0 Å². The Hall–Kier alpha value is -1.77. The van der Waals surface area contributed by atoms with Gasteiger partial charge in [0.25, 0.3) is 0 Å². The summed E-state index contributed by atoms with van der Waals surface area (Å²) in [6.07, 6.45) is 7.17. The van der Waals surface area contributed by atoms with Gasteiger partial charge < -0.3 is 5.32 Å². The van der Waals surface area contributed by atoms with Crippen LogP contribution >= 0.6 is 11.3 Å². The zero-order valence-corrected chi connectivity index (χ0v) is 18.6. The van der Waals surface area contributed by atoms with E-state index in [0.717, 1.165) is 24.8 Å². The molecule has 6 nitrogen and oxygen atoms in total. The Labute approximate surface area is 177 Å². The van der Waals surface area contributed by atoms with Crippen molar-refractivity contribution < 1.29 is 13.2 Å². The predicted octanol–water partition coefficient (Wildman–Crippen LogP) is 4.48. The topological polar surface area (TPSA) is 79.4 Å². The minimum Gasteiger partial charge on any atom is -0.301 e. The standard InChI is InChI=1S/C21H29N3O3S2/c1-3-24(4-2)29(26,27)18-11-9-17(10-12-18)19(15-16-7-5-6-8-16)20(25)23-21-22-13-14-28-21/h9-14,16,19H,3-8,15H2,1-2H3,(H,22,23,25)/t19-/m1/s1. The van der Waals surface area contributed by atoms with E-state index in [1.165, 1.54) is 28.5 Å². The van der Waals surface area contributed by atoms with Crippen LogP contribution in [0.25, 0.3) is 0 Å². The third-order valence-electron chi connectivity index (χ3n) is 5.65. The molecule has 0 aliphatic heterocycles. The maximum Gasteiger partial charge on any atom is 0.243 e. The molecule has 1 saturated carbocycles. The summed E-state index contributed by atoms with van der Waals surface area (Å²) < 4.78 is 26.9. The highest BCUT2D eigenvalue weighted by molar-refractivity contribution is 7.89. The number of sulfonamides is 1. The molecule has 1 amide bonds. The summed E-state index contributed by atoms with van der Waals surface area (Å²) in [5, 5.41) is 5.34. The van der Waals surface area contributed by atoms with Crippen molar-refractivity contribution in [1.29, 1.82) is 0 Å². The summed E-state index contributed by atoms with van der Waals surface area (Å²) in [4.78, 5) is 17.4. The van der Waals surface area contributed by atoms with E-state index in [4.69, 9.17) is 0 Å². The van der Waals surface area contributed by atoms with Crippen LogP contribution in [0, 0.1) is 5.92 Å². The van der Waals surface area contributed by atoms with Crippen molar-refractivity contribution in [2.75, 3.05) is 18.4 Å². The van der Waals surface area contributed by atoms with Gasteiger partial charge in [0.05, 0.1) is 10.8 Å². The maximum absolute atomic E-state index is 13.0. The van der Waals surface area contributed by atoms with Crippen molar-refractivity contribution in [3.8, 4) is 0 Å². The molecule has 1 N–H and O–H groups in total. The van der Waals surface area contributed by atoms with E-state index in [1.54, 1.807) is 30.5 Å². The van der Waals surface area contributed by atoms with Gasteiger partial charge in [-0.25, -0.2) is 13.4 Å². The second-order valence-electron chi connectivity index (χ2n) is 7.42. The number of carbonyl (C=O) groups is 1. The predicted molar refractivity (Wildman–Crippen MR) is 117 cm³/mol. The Morgan fingerprint density at radius 1 is 1.21 bits per heavy atom. The lowest BCUT2D eigenvalue weighted by atomic mass is 9.87. The number of carbonyl (C=O) groups excluding carboxylic acids is 1. The van der Waals surface area contributed by atoms with Gasteiger partial charge in [0, 0.05) is 24.7 Å². The SMILES string of the molecule is CCN(CC)S(=O)(=O)c1ccc([C@@H](CC2CCCC2)C(=O)Nc2nccs2)cc1. The fourth-order valence-corrected chi connectivity index (χ4v) is 6.03. The lowest BCUT2D eigenvalue weighted by molar-refractivity contribution is -0.118. The smallest absolute Gasteiger partial charge is 0.243 e. The molecule has 29 heavy (non-hydrogen) atoms. The number of hydrogen-bond donors (Lipinski definition) is 1. The average Bonchev–Trinajstić information content (AvgIpc) is 3.41. The fraction of sp³-hybridized carbons (Fsp3) is 0.524. The first-order valence-electron chi connectivity index (χ1n) is 10.3. The molecule has 0 spiro atoms. The van der Waals surface area contributed by atoms with Gasteiger partial charge >= 0.3 is 0 Å². The van der Waals surface area contributed by atoms with E-state index >= 15 is 0 Å². The molecule has 1 aliphatic carbocycles. The highest BCUT2D eigenvalue weighted by Gasteiger charge is 2.28. The van der Waals surface area contributed by atoms with Crippen LogP contribution in [0.5, 0.6) is 0 Å². The van der Waals surface area contributed by atoms with Gasteiger partial charge in [0.15, 0.2) is 5.13 Å². The van der Waals surface area contributed by atoms with Crippen molar-refractivity contribution in [3.05, 3.63) is 41.4 Å². The van der Waals surface area contributed by atoms with Crippen LogP contribution in [0.2, 0.25) is 0 Å². The van der Waals surface area contributed by atoms with Crippen molar-refractivity contribution in [1.82, 2.24) is 9.29 Å². The number of amides is 1. The summed E-state index contributed by atoms with van der Waals surface area (Å²) >= 11 is 1.39. The van der Waals surface area contributed by atoms with E-state index in [9.17, 15) is 13.2 Å². The van der Waals surface area contributed by atoms with Crippen LogP contribution < -0.4 is 5.32 Å². The highest BCUT2D eigenvalue weighted by atomic mass is 32.2. The summed E-state index contributed by atoms with van der Waals surface area (Å²) in [6, 6.07) is 6.83. The van der Waals surface area contributed by atoms with Gasteiger partial charge in [0.2, 0.25) is 15.9 Å². The van der Waals surface area contributed by atoms with Crippen LogP contribution in [0.4, 0.5) is 5.13 Å². The second-order valence-corrected chi connectivity index (χ2v) is 10.3. The van der Waals surface area contributed by atoms with E-state index in [1.807, 2.05) is 19.2 Å². The summed E-state index contributed by atoms with van der Waals surface area (Å²) in [6.45, 7) is 4.52. The molecule has 0 saturated heterocycles. The Bertz CT molecular complexity index is 886. The number of nitrogens with one attached hydrogen (secondary N) is 1.